The second-order valence-corrected chi connectivity index (χ2v) is 7.93. The van der Waals surface area contributed by atoms with E-state index in [1.54, 1.807) is 6.07 Å². The molecule has 1 amide bonds. The molecule has 0 saturated carbocycles. The number of hydrogen-bond donors (Lipinski definition) is 2. The summed E-state index contributed by atoms with van der Waals surface area (Å²) in [6.45, 7) is 1.29. The lowest BCUT2D eigenvalue weighted by molar-refractivity contribution is -0.138. The third-order valence-corrected chi connectivity index (χ3v) is 5.17. The van der Waals surface area contributed by atoms with E-state index in [1.165, 1.54) is 25.1 Å². The maximum Gasteiger partial charge on any atom is 0.416 e. The number of carbonyl (C=O) groups is 2. The van der Waals surface area contributed by atoms with Crippen LogP contribution in [-0.4, -0.2) is 27.0 Å². The average molecular weight is 511 g/mol. The minimum atomic E-state index is -4.97. The summed E-state index contributed by atoms with van der Waals surface area (Å²) in [7, 11) is 0. The number of rotatable bonds is 8. The first-order chi connectivity index (χ1) is 16.8. The molecular formula is C24H19F6N3O3. The summed E-state index contributed by atoms with van der Waals surface area (Å²) in [5.41, 5.74) is -3.29. The summed E-state index contributed by atoms with van der Waals surface area (Å²) in [4.78, 5) is 30.7. The molecule has 0 spiro atoms. The minimum absolute atomic E-state index is 0.0755. The Labute approximate surface area is 201 Å². The monoisotopic (exact) mass is 511 g/mol. The van der Waals surface area contributed by atoms with E-state index in [0.29, 0.717) is 17.8 Å². The number of hydrogen-bond acceptors (Lipinski definition) is 4. The van der Waals surface area contributed by atoms with E-state index in [2.05, 4.69) is 15.3 Å². The van der Waals surface area contributed by atoms with Crippen LogP contribution in [0, 0.1) is 12.7 Å². The van der Waals surface area contributed by atoms with Gasteiger partial charge < -0.3 is 10.4 Å². The van der Waals surface area contributed by atoms with E-state index in [0.717, 1.165) is 12.1 Å². The van der Waals surface area contributed by atoms with Crippen LogP contribution < -0.4 is 5.32 Å². The second-order valence-electron chi connectivity index (χ2n) is 7.93. The number of carboxylic acids is 1. The lowest BCUT2D eigenvalue weighted by Crippen LogP contribution is -2.25. The van der Waals surface area contributed by atoms with Crippen LogP contribution in [0.1, 0.15) is 55.3 Å². The lowest BCUT2D eigenvalue weighted by atomic mass is 9.97. The van der Waals surface area contributed by atoms with Gasteiger partial charge in [0, 0.05) is 30.4 Å². The van der Waals surface area contributed by atoms with Gasteiger partial charge in [-0.05, 0) is 54.8 Å². The summed E-state index contributed by atoms with van der Waals surface area (Å²) in [5.74, 6) is -6.65. The molecule has 6 nitrogen and oxygen atoms in total. The normalized spacial score (nSPS) is 11.9. The van der Waals surface area contributed by atoms with Crippen molar-refractivity contribution in [2.75, 3.05) is 0 Å². The van der Waals surface area contributed by atoms with Gasteiger partial charge in [0.1, 0.15) is 17.2 Å². The number of alkyl halides is 5. The van der Waals surface area contributed by atoms with Crippen molar-refractivity contribution in [2.45, 2.75) is 38.4 Å². The maximum absolute atomic E-state index is 15.0. The fourth-order valence-corrected chi connectivity index (χ4v) is 3.42. The predicted molar refractivity (Wildman–Crippen MR) is 115 cm³/mol. The molecule has 0 unspecified atom stereocenters. The number of nitrogens with one attached hydrogen (secondary N) is 1. The van der Waals surface area contributed by atoms with Gasteiger partial charge in [-0.3, -0.25) is 4.79 Å². The quantitative estimate of drug-likeness (QED) is 0.401. The first-order valence-corrected chi connectivity index (χ1v) is 10.5. The van der Waals surface area contributed by atoms with Gasteiger partial charge in [0.15, 0.2) is 0 Å². The van der Waals surface area contributed by atoms with Crippen molar-refractivity contribution in [3.63, 3.8) is 0 Å². The molecule has 2 aromatic heterocycles. The Balaban J connectivity index is 1.79. The molecule has 0 atom stereocenters. The van der Waals surface area contributed by atoms with Gasteiger partial charge in [0.05, 0.1) is 5.56 Å². The molecule has 3 rings (SSSR count). The van der Waals surface area contributed by atoms with Gasteiger partial charge in [0.2, 0.25) is 0 Å². The summed E-state index contributed by atoms with van der Waals surface area (Å²) in [6, 6.07) is 7.55. The summed E-state index contributed by atoms with van der Waals surface area (Å²) in [6.07, 6.45) is -6.20. The van der Waals surface area contributed by atoms with Gasteiger partial charge in [0.25, 0.3) is 11.8 Å². The highest BCUT2D eigenvalue weighted by Gasteiger charge is 2.37. The van der Waals surface area contributed by atoms with E-state index >= 15 is 0 Å². The Morgan fingerprint density at radius 3 is 2.39 bits per heavy atom. The van der Waals surface area contributed by atoms with Crippen LogP contribution in [0.5, 0.6) is 0 Å². The van der Waals surface area contributed by atoms with Crippen molar-refractivity contribution < 1.29 is 41.0 Å². The molecule has 0 aliphatic rings. The molecule has 12 heteroatoms. The topological polar surface area (TPSA) is 92.2 Å². The van der Waals surface area contributed by atoms with Gasteiger partial charge in [-0.2, -0.15) is 13.2 Å². The molecule has 3 aromatic rings. The first kappa shape index (κ1) is 26.6. The molecule has 36 heavy (non-hydrogen) atoms. The third-order valence-electron chi connectivity index (χ3n) is 5.17. The Hall–Kier alpha value is -3.96. The third kappa shape index (κ3) is 6.58. The predicted octanol–water partition coefficient (Wildman–Crippen LogP) is 5.30. The van der Waals surface area contributed by atoms with E-state index < -0.39 is 65.0 Å². The Kier molecular flexibility index (Phi) is 7.65. The molecule has 0 saturated heterocycles. The second kappa shape index (κ2) is 10.3. The summed E-state index contributed by atoms with van der Waals surface area (Å²) in [5, 5.41) is 11.3. The fraction of sp³-hybridized carbons (Fsp3) is 0.250. The van der Waals surface area contributed by atoms with Crippen LogP contribution in [0.15, 0.2) is 48.7 Å². The molecule has 0 aliphatic heterocycles. The number of carboxylic acid groups (broad SMARTS) is 1. The van der Waals surface area contributed by atoms with Crippen LogP contribution >= 0.6 is 0 Å². The Morgan fingerprint density at radius 2 is 1.75 bits per heavy atom. The molecule has 0 bridgehead atoms. The highest BCUT2D eigenvalue weighted by atomic mass is 19.4. The maximum atomic E-state index is 15.0. The SMILES string of the molecule is Cc1cc(C(F)(F)CCc2cnc(C(=O)O)cc2C(F)(F)F)cc(C(=O)NCc2cccc(F)c2)n1. The molecule has 0 radical (unpaired) electrons. The zero-order valence-electron chi connectivity index (χ0n) is 18.7. The van der Waals surface area contributed by atoms with Crippen LogP contribution in [0.4, 0.5) is 26.3 Å². The van der Waals surface area contributed by atoms with Crippen molar-refractivity contribution >= 4 is 11.9 Å². The highest BCUT2D eigenvalue weighted by molar-refractivity contribution is 5.92. The smallest absolute Gasteiger partial charge is 0.416 e. The van der Waals surface area contributed by atoms with Gasteiger partial charge in [-0.1, -0.05) is 12.1 Å². The molecular weight excluding hydrogens is 492 g/mol. The van der Waals surface area contributed by atoms with Gasteiger partial charge >= 0.3 is 12.1 Å². The Bertz CT molecular complexity index is 1290. The van der Waals surface area contributed by atoms with Crippen LogP contribution in [0.3, 0.4) is 0 Å². The van der Waals surface area contributed by atoms with Crippen LogP contribution in [0.2, 0.25) is 0 Å². The van der Waals surface area contributed by atoms with Crippen molar-refractivity contribution in [3.05, 3.63) is 93.8 Å². The zero-order chi connectivity index (χ0) is 26.7. The molecule has 2 heterocycles. The average Bonchev–Trinajstić information content (AvgIpc) is 2.80. The number of carbonyl (C=O) groups excluding carboxylic acids is 1. The largest absolute Gasteiger partial charge is 0.477 e. The van der Waals surface area contributed by atoms with Crippen molar-refractivity contribution in [1.82, 2.24) is 15.3 Å². The molecule has 0 aliphatic carbocycles. The van der Waals surface area contributed by atoms with Crippen molar-refractivity contribution in [3.8, 4) is 0 Å². The van der Waals surface area contributed by atoms with Crippen LogP contribution in [-0.2, 0) is 25.1 Å². The Morgan fingerprint density at radius 1 is 1.03 bits per heavy atom. The number of aryl methyl sites for hydroxylation is 2. The van der Waals surface area contributed by atoms with Crippen molar-refractivity contribution in [2.24, 2.45) is 0 Å². The molecule has 190 valence electrons. The van der Waals surface area contributed by atoms with Gasteiger partial charge in [-0.15, -0.1) is 0 Å². The molecule has 0 fully saturated rings. The number of amides is 1. The number of benzene rings is 1. The standard InChI is InChI=1S/C24H19F6N3O3/c1-13-7-16(9-19(33-13)21(34)32-11-14-3-2-4-17(25)8-14)23(26,27)6-5-15-12-31-20(22(35)36)10-18(15)24(28,29)30/h2-4,7-10,12H,5-6,11H2,1H3,(H,32,34)(H,35,36). The zero-order valence-corrected chi connectivity index (χ0v) is 18.7. The first-order valence-electron chi connectivity index (χ1n) is 10.5. The van der Waals surface area contributed by atoms with E-state index in [-0.39, 0.29) is 17.9 Å². The summed E-state index contributed by atoms with van der Waals surface area (Å²) < 4.78 is 83.4. The highest BCUT2D eigenvalue weighted by Crippen LogP contribution is 2.37. The van der Waals surface area contributed by atoms with Crippen molar-refractivity contribution in [1.29, 1.82) is 0 Å². The van der Waals surface area contributed by atoms with E-state index in [4.69, 9.17) is 5.11 Å². The number of pyridine rings is 2. The number of aromatic carboxylic acids is 1. The molecule has 2 N–H and O–H groups in total. The lowest BCUT2D eigenvalue weighted by Gasteiger charge is -2.19. The number of halogens is 6. The fourth-order valence-electron chi connectivity index (χ4n) is 3.42. The van der Waals surface area contributed by atoms with Gasteiger partial charge in [-0.25, -0.2) is 27.9 Å². The minimum Gasteiger partial charge on any atom is -0.477 e. The number of nitrogens with zero attached hydrogens (tertiary/aromatic N) is 2. The van der Waals surface area contributed by atoms with E-state index in [1.807, 2.05) is 0 Å². The van der Waals surface area contributed by atoms with E-state index in [9.17, 15) is 35.9 Å². The summed E-state index contributed by atoms with van der Waals surface area (Å²) >= 11 is 0. The van der Waals surface area contributed by atoms with Crippen LogP contribution in [0.25, 0.3) is 0 Å². The number of aromatic nitrogens is 2. The molecule has 1 aromatic carbocycles.